The number of halogens is 1. The predicted octanol–water partition coefficient (Wildman–Crippen LogP) is 1.28. The van der Waals surface area contributed by atoms with Gasteiger partial charge in [0.15, 0.2) is 11.6 Å². The fraction of sp³-hybridized carbons (Fsp3) is 0.400. The van der Waals surface area contributed by atoms with E-state index in [0.717, 1.165) is 0 Å². The highest BCUT2D eigenvalue weighted by molar-refractivity contribution is 5.42. The number of rotatable bonds is 5. The van der Waals surface area contributed by atoms with E-state index in [-0.39, 0.29) is 12.4 Å². The molecule has 1 aromatic carbocycles. The summed E-state index contributed by atoms with van der Waals surface area (Å²) < 4.78 is 23.6. The molecule has 0 heterocycles. The average Bonchev–Trinajstić information content (AvgIpc) is 2.27. The first kappa shape index (κ1) is 11.7. The number of nitrogens with two attached hydrogens (primary N) is 1. The lowest BCUT2D eigenvalue weighted by atomic mass is 10.1. The smallest absolute Gasteiger partial charge is 0.172 e. The minimum Gasteiger partial charge on any atom is -0.496 e. The maximum atomic E-state index is 13.7. The van der Waals surface area contributed by atoms with E-state index >= 15 is 0 Å². The van der Waals surface area contributed by atoms with Crippen LogP contribution in [0.5, 0.6) is 11.5 Å². The second kappa shape index (κ2) is 5.53. The van der Waals surface area contributed by atoms with Gasteiger partial charge < -0.3 is 14.3 Å². The maximum absolute atomic E-state index is 13.7. The number of ether oxygens (including phenoxy) is 2. The van der Waals surface area contributed by atoms with Crippen LogP contribution in [0.15, 0.2) is 12.1 Å². The van der Waals surface area contributed by atoms with Gasteiger partial charge in [0.2, 0.25) is 0 Å². The highest BCUT2D eigenvalue weighted by Gasteiger charge is 2.14. The second-order valence-corrected chi connectivity index (χ2v) is 2.88. The third-order valence-corrected chi connectivity index (χ3v) is 2.07. The van der Waals surface area contributed by atoms with E-state index in [2.05, 4.69) is 4.84 Å². The third kappa shape index (κ3) is 2.57. The predicted molar refractivity (Wildman–Crippen MR) is 53.3 cm³/mol. The molecule has 0 amide bonds. The Labute approximate surface area is 87.7 Å². The lowest BCUT2D eigenvalue weighted by Crippen LogP contribution is -2.07. The molecule has 2 N–H and O–H groups in total. The van der Waals surface area contributed by atoms with Crippen LogP contribution in [-0.2, 0) is 11.3 Å². The molecular weight excluding hydrogens is 201 g/mol. The van der Waals surface area contributed by atoms with E-state index in [1.807, 2.05) is 0 Å². The molecule has 0 unspecified atom stereocenters. The summed E-state index contributed by atoms with van der Waals surface area (Å²) in [5, 5.41) is 0. The molecule has 84 valence electrons. The molecular formula is C10H14FNO3. The Morgan fingerprint density at radius 2 is 1.80 bits per heavy atom. The van der Waals surface area contributed by atoms with Gasteiger partial charge in [-0.2, -0.15) is 0 Å². The molecule has 0 aromatic heterocycles. The molecule has 0 bridgehead atoms. The Hall–Kier alpha value is -1.33. The van der Waals surface area contributed by atoms with Gasteiger partial charge in [-0.15, -0.1) is 0 Å². The Morgan fingerprint density at radius 1 is 1.20 bits per heavy atom. The van der Waals surface area contributed by atoms with Crippen LogP contribution in [0.1, 0.15) is 5.56 Å². The van der Waals surface area contributed by atoms with Crippen LogP contribution < -0.4 is 15.4 Å². The normalized spacial score (nSPS) is 10.1. The van der Waals surface area contributed by atoms with Crippen molar-refractivity contribution in [2.75, 3.05) is 20.8 Å². The zero-order valence-electron chi connectivity index (χ0n) is 8.75. The van der Waals surface area contributed by atoms with Gasteiger partial charge in [0.05, 0.1) is 20.8 Å². The van der Waals surface area contributed by atoms with Gasteiger partial charge in [-0.3, -0.25) is 0 Å². The fourth-order valence-corrected chi connectivity index (χ4v) is 1.32. The largest absolute Gasteiger partial charge is 0.496 e. The van der Waals surface area contributed by atoms with E-state index < -0.39 is 5.82 Å². The first-order valence-corrected chi connectivity index (χ1v) is 4.45. The summed E-state index contributed by atoms with van der Waals surface area (Å²) in [4.78, 5) is 4.41. The lowest BCUT2D eigenvalue weighted by molar-refractivity contribution is 0.140. The van der Waals surface area contributed by atoms with Crippen LogP contribution in [0.3, 0.4) is 0 Å². The van der Waals surface area contributed by atoms with Crippen molar-refractivity contribution in [3.8, 4) is 11.5 Å². The zero-order valence-corrected chi connectivity index (χ0v) is 8.75. The Bertz CT molecular complexity index is 331. The van der Waals surface area contributed by atoms with Gasteiger partial charge in [0, 0.05) is 12.0 Å². The van der Waals surface area contributed by atoms with E-state index in [1.165, 1.54) is 20.3 Å². The minimum atomic E-state index is -0.436. The molecule has 5 heteroatoms. The monoisotopic (exact) mass is 215 g/mol. The summed E-state index contributed by atoms with van der Waals surface area (Å²) in [5.74, 6) is 5.10. The first-order valence-electron chi connectivity index (χ1n) is 4.45. The van der Waals surface area contributed by atoms with Gasteiger partial charge >= 0.3 is 0 Å². The molecule has 0 radical (unpaired) electrons. The quantitative estimate of drug-likeness (QED) is 0.752. The average molecular weight is 215 g/mol. The van der Waals surface area contributed by atoms with E-state index in [0.29, 0.717) is 17.7 Å². The van der Waals surface area contributed by atoms with Crippen LogP contribution in [0.4, 0.5) is 4.39 Å². The molecule has 1 rings (SSSR count). The molecule has 0 atom stereocenters. The summed E-state index contributed by atoms with van der Waals surface area (Å²) in [7, 11) is 2.89. The van der Waals surface area contributed by atoms with E-state index in [1.54, 1.807) is 6.07 Å². The van der Waals surface area contributed by atoms with Crippen molar-refractivity contribution >= 4 is 0 Å². The highest BCUT2D eigenvalue weighted by atomic mass is 19.1. The summed E-state index contributed by atoms with van der Waals surface area (Å²) >= 11 is 0. The Morgan fingerprint density at radius 3 is 2.33 bits per heavy atom. The molecule has 1 aromatic rings. The summed E-state index contributed by atoms with van der Waals surface area (Å²) in [6.45, 7) is 0.223. The Balaban J connectivity index is 3.05. The molecule has 0 fully saturated rings. The number of methoxy groups -OCH3 is 2. The minimum absolute atomic E-state index is 0.183. The second-order valence-electron chi connectivity index (χ2n) is 2.88. The van der Waals surface area contributed by atoms with Gasteiger partial charge in [0.1, 0.15) is 5.75 Å². The van der Waals surface area contributed by atoms with Crippen molar-refractivity contribution in [3.63, 3.8) is 0 Å². The van der Waals surface area contributed by atoms with E-state index in [4.69, 9.17) is 15.4 Å². The van der Waals surface area contributed by atoms with Crippen LogP contribution in [-0.4, -0.2) is 20.8 Å². The van der Waals surface area contributed by atoms with Crippen molar-refractivity contribution in [3.05, 3.63) is 23.5 Å². The van der Waals surface area contributed by atoms with Crippen molar-refractivity contribution in [1.82, 2.24) is 0 Å². The number of benzene rings is 1. The molecule has 0 spiro atoms. The summed E-state index contributed by atoms with van der Waals surface area (Å²) in [5.41, 5.74) is 0.405. The molecule has 0 aliphatic carbocycles. The van der Waals surface area contributed by atoms with E-state index in [9.17, 15) is 4.39 Å². The highest BCUT2D eigenvalue weighted by Crippen LogP contribution is 2.29. The topological polar surface area (TPSA) is 53.7 Å². The van der Waals surface area contributed by atoms with Crippen molar-refractivity contribution in [2.45, 2.75) is 6.42 Å². The van der Waals surface area contributed by atoms with Crippen LogP contribution in [0.25, 0.3) is 0 Å². The molecule has 0 saturated heterocycles. The molecule has 15 heavy (non-hydrogen) atoms. The van der Waals surface area contributed by atoms with Crippen LogP contribution in [0.2, 0.25) is 0 Å². The van der Waals surface area contributed by atoms with Gasteiger partial charge in [-0.05, 0) is 12.1 Å². The third-order valence-electron chi connectivity index (χ3n) is 2.07. The maximum Gasteiger partial charge on any atom is 0.172 e. The molecule has 0 saturated carbocycles. The summed E-state index contributed by atoms with van der Waals surface area (Å²) in [6, 6.07) is 3.16. The van der Waals surface area contributed by atoms with Crippen molar-refractivity contribution in [2.24, 2.45) is 5.90 Å². The number of hydrogen-bond donors (Lipinski definition) is 1. The SMILES string of the molecule is COc1ccc(OC)c(CCON)c1F. The first-order chi connectivity index (χ1) is 7.24. The van der Waals surface area contributed by atoms with Gasteiger partial charge in [-0.1, -0.05) is 0 Å². The standard InChI is InChI=1S/C10H14FNO3/c1-13-8-3-4-9(14-2)10(11)7(8)5-6-15-12/h3-4H,5-6,12H2,1-2H3. The Kier molecular flexibility index (Phi) is 4.33. The molecule has 0 aliphatic heterocycles. The number of hydrogen-bond acceptors (Lipinski definition) is 4. The lowest BCUT2D eigenvalue weighted by Gasteiger charge is -2.11. The summed E-state index contributed by atoms with van der Waals surface area (Å²) in [6.07, 6.45) is 0.336. The van der Waals surface area contributed by atoms with Crippen LogP contribution >= 0.6 is 0 Å². The molecule has 0 aliphatic rings. The zero-order chi connectivity index (χ0) is 11.3. The van der Waals surface area contributed by atoms with Crippen LogP contribution in [0, 0.1) is 5.82 Å². The van der Waals surface area contributed by atoms with Crippen molar-refractivity contribution < 1.29 is 18.7 Å². The van der Waals surface area contributed by atoms with Gasteiger partial charge in [0.25, 0.3) is 0 Å². The van der Waals surface area contributed by atoms with Gasteiger partial charge in [-0.25, -0.2) is 10.3 Å². The van der Waals surface area contributed by atoms with Crippen molar-refractivity contribution in [1.29, 1.82) is 0 Å². The fourth-order valence-electron chi connectivity index (χ4n) is 1.32. The molecule has 4 nitrogen and oxygen atoms in total.